The lowest BCUT2D eigenvalue weighted by Crippen LogP contribution is -2.39. The number of carbonyl (C=O) groups excluding carboxylic acids is 1. The second-order valence-electron chi connectivity index (χ2n) is 7.19. The van der Waals surface area contributed by atoms with E-state index in [2.05, 4.69) is 15.2 Å². The number of aromatic amines is 1. The molecule has 4 rings (SSSR count). The van der Waals surface area contributed by atoms with Crippen LogP contribution in [-0.2, 0) is 17.4 Å². The molecule has 0 radical (unpaired) electrons. The summed E-state index contributed by atoms with van der Waals surface area (Å²) in [5.74, 6) is -0.301. The normalized spacial score (nSPS) is 17.6. The molecule has 1 unspecified atom stereocenters. The number of carbonyl (C=O) groups is 1. The Hall–Kier alpha value is -3.10. The number of piperidine rings is 1. The molecule has 1 aliphatic heterocycles. The molecule has 3 heterocycles. The first-order chi connectivity index (χ1) is 13.8. The van der Waals surface area contributed by atoms with Gasteiger partial charge in [-0.15, -0.1) is 0 Å². The van der Waals surface area contributed by atoms with E-state index >= 15 is 0 Å². The number of H-pyrrole nitrogens is 1. The van der Waals surface area contributed by atoms with Gasteiger partial charge < -0.3 is 10.6 Å². The fraction of sp³-hybridized carbons (Fsp3) is 0.350. The summed E-state index contributed by atoms with van der Waals surface area (Å²) in [7, 11) is 0. The van der Waals surface area contributed by atoms with Gasteiger partial charge in [-0.3, -0.25) is 9.89 Å². The Bertz CT molecular complexity index is 1030. The van der Waals surface area contributed by atoms with Gasteiger partial charge in [0.15, 0.2) is 5.65 Å². The Morgan fingerprint density at radius 3 is 2.72 bits per heavy atom. The van der Waals surface area contributed by atoms with Crippen molar-refractivity contribution in [2.75, 3.05) is 12.3 Å². The second kappa shape index (κ2) is 7.38. The third-order valence-corrected chi connectivity index (χ3v) is 5.24. The summed E-state index contributed by atoms with van der Waals surface area (Å²) in [5.41, 5.74) is 5.72. The minimum Gasteiger partial charge on any atom is -0.383 e. The Balaban J connectivity index is 1.71. The van der Waals surface area contributed by atoms with Crippen molar-refractivity contribution in [3.8, 4) is 0 Å². The average molecular weight is 403 g/mol. The smallest absolute Gasteiger partial charge is 0.383 e. The zero-order valence-corrected chi connectivity index (χ0v) is 15.5. The maximum Gasteiger partial charge on any atom is 0.417 e. The highest BCUT2D eigenvalue weighted by Crippen LogP contribution is 2.39. The third kappa shape index (κ3) is 3.76. The highest BCUT2D eigenvalue weighted by molar-refractivity contribution is 5.90. The van der Waals surface area contributed by atoms with Gasteiger partial charge in [0.05, 0.1) is 29.1 Å². The second-order valence-corrected chi connectivity index (χ2v) is 7.19. The number of nitrogen functional groups attached to an aromatic ring is 1. The number of anilines is 1. The van der Waals surface area contributed by atoms with Crippen molar-refractivity contribution in [1.82, 2.24) is 20.1 Å². The number of benzene rings is 1. The third-order valence-electron chi connectivity index (χ3n) is 5.24. The number of hydrogen-bond acceptors (Lipinski definition) is 4. The van der Waals surface area contributed by atoms with Crippen molar-refractivity contribution in [3.05, 3.63) is 53.2 Å². The standard InChI is InChI=1S/C20H20F3N5O/c21-20(22,23)13-11-14(25-19-17(13)18(24)26-27-19)15-8-4-5-9-28(15)16(29)10-12-6-2-1-3-7-12/h1-3,6-7,11,15H,4-5,8-10H2,(H3,24,25,26,27). The van der Waals surface area contributed by atoms with Crippen LogP contribution in [0.25, 0.3) is 11.0 Å². The molecule has 6 nitrogen and oxygen atoms in total. The van der Waals surface area contributed by atoms with Crippen LogP contribution in [0.1, 0.15) is 42.1 Å². The Kier molecular flexibility index (Phi) is 4.89. The number of hydrogen-bond donors (Lipinski definition) is 2. The SMILES string of the molecule is Nc1[nH]nc2nc(C3CCCCN3C(=O)Cc3ccccc3)cc(C(F)(F)F)c12. The van der Waals surface area contributed by atoms with Crippen LogP contribution in [0.4, 0.5) is 19.0 Å². The van der Waals surface area contributed by atoms with E-state index in [4.69, 9.17) is 5.73 Å². The molecule has 1 aliphatic rings. The summed E-state index contributed by atoms with van der Waals surface area (Å²) in [5, 5.41) is 5.95. The Morgan fingerprint density at radius 2 is 2.00 bits per heavy atom. The zero-order chi connectivity index (χ0) is 20.6. The van der Waals surface area contributed by atoms with E-state index in [1.807, 2.05) is 30.3 Å². The molecular weight excluding hydrogens is 383 g/mol. The van der Waals surface area contributed by atoms with Crippen molar-refractivity contribution < 1.29 is 18.0 Å². The van der Waals surface area contributed by atoms with Gasteiger partial charge in [-0.25, -0.2) is 4.98 Å². The molecule has 0 saturated carbocycles. The van der Waals surface area contributed by atoms with Crippen molar-refractivity contribution in [3.63, 3.8) is 0 Å². The van der Waals surface area contributed by atoms with Gasteiger partial charge in [0.25, 0.3) is 0 Å². The molecule has 1 amide bonds. The molecule has 1 atom stereocenters. The monoisotopic (exact) mass is 403 g/mol. The van der Waals surface area contributed by atoms with Crippen molar-refractivity contribution >= 4 is 22.8 Å². The highest BCUT2D eigenvalue weighted by atomic mass is 19.4. The van der Waals surface area contributed by atoms with Crippen LogP contribution in [0.2, 0.25) is 0 Å². The predicted octanol–water partition coefficient (Wildman–Crippen LogP) is 3.86. The zero-order valence-electron chi connectivity index (χ0n) is 15.5. The summed E-state index contributed by atoms with van der Waals surface area (Å²) in [4.78, 5) is 18.9. The molecule has 3 N–H and O–H groups in total. The largest absolute Gasteiger partial charge is 0.417 e. The molecule has 29 heavy (non-hydrogen) atoms. The molecule has 0 bridgehead atoms. The number of aromatic nitrogens is 3. The van der Waals surface area contributed by atoms with Crippen LogP contribution < -0.4 is 5.73 Å². The van der Waals surface area contributed by atoms with Gasteiger partial charge in [0.1, 0.15) is 5.82 Å². The number of nitrogens with two attached hydrogens (primary N) is 1. The number of pyridine rings is 1. The van der Waals surface area contributed by atoms with Crippen LogP contribution in [0.5, 0.6) is 0 Å². The molecule has 152 valence electrons. The molecule has 3 aromatic rings. The Labute approximate surface area is 164 Å². The van der Waals surface area contributed by atoms with Crippen molar-refractivity contribution in [2.45, 2.75) is 37.9 Å². The molecule has 9 heteroatoms. The fourth-order valence-corrected chi connectivity index (χ4v) is 3.87. The number of rotatable bonds is 3. The van der Waals surface area contributed by atoms with Gasteiger partial charge >= 0.3 is 6.18 Å². The van der Waals surface area contributed by atoms with Gasteiger partial charge in [-0.05, 0) is 30.9 Å². The van der Waals surface area contributed by atoms with E-state index in [0.29, 0.717) is 13.0 Å². The summed E-state index contributed by atoms with van der Waals surface area (Å²) in [6.45, 7) is 0.486. The fourth-order valence-electron chi connectivity index (χ4n) is 3.87. The van der Waals surface area contributed by atoms with Crippen LogP contribution >= 0.6 is 0 Å². The van der Waals surface area contributed by atoms with Crippen LogP contribution in [0.3, 0.4) is 0 Å². The minimum atomic E-state index is -4.61. The predicted molar refractivity (Wildman–Crippen MR) is 102 cm³/mol. The number of halogens is 3. The summed E-state index contributed by atoms with van der Waals surface area (Å²) in [6.07, 6.45) is -2.25. The summed E-state index contributed by atoms with van der Waals surface area (Å²) in [6, 6.07) is 9.76. The number of fused-ring (bicyclic) bond motifs is 1. The van der Waals surface area contributed by atoms with E-state index in [1.54, 1.807) is 4.90 Å². The number of amides is 1. The lowest BCUT2D eigenvalue weighted by molar-refractivity contribution is -0.136. The maximum absolute atomic E-state index is 13.7. The molecule has 1 fully saturated rings. The Morgan fingerprint density at radius 1 is 1.24 bits per heavy atom. The van der Waals surface area contributed by atoms with Crippen molar-refractivity contribution in [2.24, 2.45) is 0 Å². The van der Waals surface area contributed by atoms with Crippen LogP contribution in [-0.4, -0.2) is 32.5 Å². The van der Waals surface area contributed by atoms with E-state index in [-0.39, 0.29) is 34.9 Å². The van der Waals surface area contributed by atoms with E-state index in [0.717, 1.165) is 24.5 Å². The summed E-state index contributed by atoms with van der Waals surface area (Å²) >= 11 is 0. The molecular formula is C20H20F3N5O. The first-order valence-corrected chi connectivity index (χ1v) is 9.39. The first-order valence-electron chi connectivity index (χ1n) is 9.39. The van der Waals surface area contributed by atoms with Gasteiger partial charge in [0.2, 0.25) is 5.91 Å². The number of likely N-dealkylation sites (tertiary alicyclic amines) is 1. The van der Waals surface area contributed by atoms with Crippen molar-refractivity contribution in [1.29, 1.82) is 0 Å². The molecule has 1 saturated heterocycles. The van der Waals surface area contributed by atoms with Gasteiger partial charge in [-0.2, -0.15) is 18.3 Å². The van der Waals surface area contributed by atoms with Gasteiger partial charge in [0, 0.05) is 6.54 Å². The minimum absolute atomic E-state index is 0.0895. The quantitative estimate of drug-likeness (QED) is 0.695. The lowest BCUT2D eigenvalue weighted by Gasteiger charge is -2.35. The molecule has 2 aromatic heterocycles. The topological polar surface area (TPSA) is 87.9 Å². The average Bonchev–Trinajstić information content (AvgIpc) is 3.08. The first kappa shape index (κ1) is 19.2. The number of alkyl halides is 3. The summed E-state index contributed by atoms with van der Waals surface area (Å²) < 4.78 is 41.0. The molecule has 1 aromatic carbocycles. The number of nitrogens with zero attached hydrogens (tertiary/aromatic N) is 3. The maximum atomic E-state index is 13.7. The molecule has 0 spiro atoms. The van der Waals surface area contributed by atoms with Crippen LogP contribution in [0.15, 0.2) is 36.4 Å². The van der Waals surface area contributed by atoms with E-state index < -0.39 is 17.8 Å². The van der Waals surface area contributed by atoms with Gasteiger partial charge in [-0.1, -0.05) is 30.3 Å². The molecule has 0 aliphatic carbocycles. The van der Waals surface area contributed by atoms with Crippen LogP contribution in [0, 0.1) is 0 Å². The number of nitrogens with one attached hydrogen (secondary N) is 1. The lowest BCUT2D eigenvalue weighted by atomic mass is 9.96. The van der Waals surface area contributed by atoms with E-state index in [1.165, 1.54) is 0 Å². The van der Waals surface area contributed by atoms with E-state index in [9.17, 15) is 18.0 Å². The highest BCUT2D eigenvalue weighted by Gasteiger charge is 2.37.